The number of fused-ring (bicyclic) bond motifs is 1. The fraction of sp³-hybridized carbons (Fsp3) is 0.263. The average Bonchev–Trinajstić information content (AvgIpc) is 3.00. The Balaban J connectivity index is 1.53. The molecule has 25 heavy (non-hydrogen) atoms. The molecule has 2 aromatic heterocycles. The Morgan fingerprint density at radius 3 is 2.92 bits per heavy atom. The fourth-order valence-corrected chi connectivity index (χ4v) is 2.77. The zero-order chi connectivity index (χ0) is 17.6. The van der Waals surface area contributed by atoms with Crippen LogP contribution in [0.3, 0.4) is 0 Å². The number of benzene rings is 1. The van der Waals surface area contributed by atoms with Gasteiger partial charge in [-0.2, -0.15) is 0 Å². The van der Waals surface area contributed by atoms with Crippen LogP contribution in [0.4, 0.5) is 4.39 Å². The number of nitrogens with one attached hydrogen (secondary N) is 3. The maximum atomic E-state index is 13.4. The summed E-state index contributed by atoms with van der Waals surface area (Å²) in [5, 5.41) is 7.45. The SMILES string of the molecule is CN=C(NCCc1c[nH]c2ccc(F)cc12)NCc1cccc(C)n1. The molecule has 2 heterocycles. The molecule has 130 valence electrons. The van der Waals surface area contributed by atoms with Crippen LogP contribution in [-0.2, 0) is 13.0 Å². The number of aromatic amines is 1. The first kappa shape index (κ1) is 17.0. The second kappa shape index (κ2) is 7.79. The van der Waals surface area contributed by atoms with Gasteiger partial charge in [-0.1, -0.05) is 6.07 Å². The van der Waals surface area contributed by atoms with E-state index in [2.05, 4.69) is 25.6 Å². The Labute approximate surface area is 146 Å². The Kier molecular flexibility index (Phi) is 5.28. The molecular formula is C19H22FN5. The largest absolute Gasteiger partial charge is 0.361 e. The number of halogens is 1. The van der Waals surface area contributed by atoms with Gasteiger partial charge in [0.15, 0.2) is 5.96 Å². The van der Waals surface area contributed by atoms with Crippen molar-refractivity contribution in [3.8, 4) is 0 Å². The van der Waals surface area contributed by atoms with Crippen LogP contribution in [-0.4, -0.2) is 29.5 Å². The van der Waals surface area contributed by atoms with Crippen molar-refractivity contribution in [2.75, 3.05) is 13.6 Å². The maximum absolute atomic E-state index is 13.4. The number of aromatic nitrogens is 2. The molecule has 3 rings (SSSR count). The Morgan fingerprint density at radius 1 is 1.24 bits per heavy atom. The minimum Gasteiger partial charge on any atom is -0.361 e. The number of hydrogen-bond donors (Lipinski definition) is 3. The molecule has 0 radical (unpaired) electrons. The molecule has 0 saturated carbocycles. The molecule has 0 aliphatic rings. The van der Waals surface area contributed by atoms with Crippen LogP contribution in [0.5, 0.6) is 0 Å². The second-order valence-electron chi connectivity index (χ2n) is 5.88. The van der Waals surface area contributed by atoms with Crippen molar-refractivity contribution in [2.45, 2.75) is 19.9 Å². The van der Waals surface area contributed by atoms with E-state index in [1.807, 2.05) is 31.3 Å². The highest BCUT2D eigenvalue weighted by molar-refractivity contribution is 5.83. The number of aliphatic imine (C=N–C) groups is 1. The van der Waals surface area contributed by atoms with Gasteiger partial charge in [0.25, 0.3) is 0 Å². The minimum atomic E-state index is -0.218. The summed E-state index contributed by atoms with van der Waals surface area (Å²) in [6.45, 7) is 3.28. The van der Waals surface area contributed by atoms with Crippen LogP contribution in [0, 0.1) is 12.7 Å². The van der Waals surface area contributed by atoms with Crippen LogP contribution in [0.15, 0.2) is 47.6 Å². The number of hydrogen-bond acceptors (Lipinski definition) is 2. The molecule has 0 atom stereocenters. The standard InChI is InChI=1S/C19H22FN5/c1-13-4-3-5-16(25-13)12-24-19(21-2)22-9-8-14-11-23-18-7-6-15(20)10-17(14)18/h3-7,10-11,23H,8-9,12H2,1-2H3,(H2,21,22,24). The Morgan fingerprint density at radius 2 is 2.12 bits per heavy atom. The number of rotatable bonds is 5. The van der Waals surface area contributed by atoms with E-state index in [0.29, 0.717) is 19.0 Å². The third kappa shape index (κ3) is 4.35. The molecule has 0 amide bonds. The summed E-state index contributed by atoms with van der Waals surface area (Å²) in [6.07, 6.45) is 2.70. The van der Waals surface area contributed by atoms with Crippen LogP contribution in [0.2, 0.25) is 0 Å². The van der Waals surface area contributed by atoms with E-state index in [0.717, 1.165) is 34.3 Å². The lowest BCUT2D eigenvalue weighted by Crippen LogP contribution is -2.38. The zero-order valence-corrected chi connectivity index (χ0v) is 14.4. The predicted molar refractivity (Wildman–Crippen MR) is 99.1 cm³/mol. The first-order valence-corrected chi connectivity index (χ1v) is 8.28. The lowest BCUT2D eigenvalue weighted by atomic mass is 10.1. The van der Waals surface area contributed by atoms with Crippen molar-refractivity contribution in [1.82, 2.24) is 20.6 Å². The monoisotopic (exact) mass is 339 g/mol. The van der Waals surface area contributed by atoms with Gasteiger partial charge in [-0.05, 0) is 49.2 Å². The molecule has 0 fully saturated rings. The van der Waals surface area contributed by atoms with Gasteiger partial charge >= 0.3 is 0 Å². The molecule has 6 heteroatoms. The van der Waals surface area contributed by atoms with E-state index < -0.39 is 0 Å². The molecule has 5 nitrogen and oxygen atoms in total. The Hall–Kier alpha value is -2.89. The number of H-pyrrole nitrogens is 1. The molecule has 0 saturated heterocycles. The van der Waals surface area contributed by atoms with Crippen molar-refractivity contribution >= 4 is 16.9 Å². The van der Waals surface area contributed by atoms with Crippen molar-refractivity contribution in [1.29, 1.82) is 0 Å². The normalized spacial score (nSPS) is 11.7. The van der Waals surface area contributed by atoms with E-state index in [1.165, 1.54) is 6.07 Å². The van der Waals surface area contributed by atoms with Gasteiger partial charge in [0.1, 0.15) is 5.82 Å². The smallest absolute Gasteiger partial charge is 0.191 e. The van der Waals surface area contributed by atoms with E-state index >= 15 is 0 Å². The molecule has 0 spiro atoms. The van der Waals surface area contributed by atoms with Crippen LogP contribution in [0.25, 0.3) is 10.9 Å². The van der Waals surface area contributed by atoms with Crippen LogP contribution < -0.4 is 10.6 Å². The topological polar surface area (TPSA) is 65.1 Å². The number of nitrogens with zero attached hydrogens (tertiary/aromatic N) is 2. The van der Waals surface area contributed by atoms with Gasteiger partial charge in [0.05, 0.1) is 12.2 Å². The third-order valence-electron chi connectivity index (χ3n) is 4.02. The zero-order valence-electron chi connectivity index (χ0n) is 14.4. The molecule has 1 aromatic carbocycles. The van der Waals surface area contributed by atoms with Gasteiger partial charge in [-0.15, -0.1) is 0 Å². The first-order chi connectivity index (χ1) is 12.2. The van der Waals surface area contributed by atoms with Gasteiger partial charge < -0.3 is 15.6 Å². The van der Waals surface area contributed by atoms with Crippen molar-refractivity contribution in [2.24, 2.45) is 4.99 Å². The van der Waals surface area contributed by atoms with E-state index in [-0.39, 0.29) is 5.82 Å². The number of pyridine rings is 1. The molecule has 0 aliphatic heterocycles. The summed E-state index contributed by atoms with van der Waals surface area (Å²) >= 11 is 0. The first-order valence-electron chi connectivity index (χ1n) is 8.28. The summed E-state index contributed by atoms with van der Waals surface area (Å²) in [7, 11) is 1.74. The second-order valence-corrected chi connectivity index (χ2v) is 5.88. The molecule has 3 aromatic rings. The van der Waals surface area contributed by atoms with Gasteiger partial charge in [0, 0.05) is 36.4 Å². The van der Waals surface area contributed by atoms with Gasteiger partial charge in [-0.25, -0.2) is 4.39 Å². The maximum Gasteiger partial charge on any atom is 0.191 e. The quantitative estimate of drug-likeness (QED) is 0.495. The molecular weight excluding hydrogens is 317 g/mol. The summed E-state index contributed by atoms with van der Waals surface area (Å²) < 4.78 is 13.4. The highest BCUT2D eigenvalue weighted by Crippen LogP contribution is 2.19. The number of guanidine groups is 1. The van der Waals surface area contributed by atoms with E-state index in [4.69, 9.17) is 0 Å². The Bertz CT molecular complexity index is 884. The summed E-state index contributed by atoms with van der Waals surface area (Å²) in [4.78, 5) is 11.8. The number of aryl methyl sites for hydroxylation is 1. The van der Waals surface area contributed by atoms with Crippen molar-refractivity contribution in [3.05, 3.63) is 65.4 Å². The predicted octanol–water partition coefficient (Wildman–Crippen LogP) is 2.92. The fourth-order valence-electron chi connectivity index (χ4n) is 2.77. The minimum absolute atomic E-state index is 0.218. The van der Waals surface area contributed by atoms with Crippen molar-refractivity contribution in [3.63, 3.8) is 0 Å². The van der Waals surface area contributed by atoms with E-state index in [9.17, 15) is 4.39 Å². The molecule has 0 aliphatic carbocycles. The molecule has 0 bridgehead atoms. The average molecular weight is 339 g/mol. The van der Waals surface area contributed by atoms with Gasteiger partial charge in [0.2, 0.25) is 0 Å². The van der Waals surface area contributed by atoms with E-state index in [1.54, 1.807) is 19.2 Å². The summed E-state index contributed by atoms with van der Waals surface area (Å²) in [5.41, 5.74) is 3.99. The lowest BCUT2D eigenvalue weighted by molar-refractivity contribution is 0.629. The molecule has 3 N–H and O–H groups in total. The molecule has 0 unspecified atom stereocenters. The third-order valence-corrected chi connectivity index (χ3v) is 4.02. The highest BCUT2D eigenvalue weighted by Gasteiger charge is 2.05. The highest BCUT2D eigenvalue weighted by atomic mass is 19.1. The lowest BCUT2D eigenvalue weighted by Gasteiger charge is -2.11. The van der Waals surface area contributed by atoms with Crippen molar-refractivity contribution < 1.29 is 4.39 Å². The van der Waals surface area contributed by atoms with Gasteiger partial charge in [-0.3, -0.25) is 9.98 Å². The van der Waals surface area contributed by atoms with Crippen LogP contribution >= 0.6 is 0 Å². The summed E-state index contributed by atoms with van der Waals surface area (Å²) in [6, 6.07) is 10.7. The summed E-state index contributed by atoms with van der Waals surface area (Å²) in [5.74, 6) is 0.499. The van der Waals surface area contributed by atoms with Crippen LogP contribution in [0.1, 0.15) is 17.0 Å².